The molecule has 558 valence electrons. The maximum atomic E-state index is 2.41. The molecule has 10 unspecified atom stereocenters. The van der Waals surface area contributed by atoms with Crippen LogP contribution in [0.4, 0.5) is 0 Å². The fourth-order valence-corrected chi connectivity index (χ4v) is 23.8. The number of hydrogen-bond donors (Lipinski definition) is 0. The Morgan fingerprint density at radius 2 is 0.309 bits per heavy atom. The molecule has 0 aliphatic rings. The zero-order valence-electron chi connectivity index (χ0n) is 43.8. The number of halogens is 6. The molecule has 81 heavy (non-hydrogen) atoms. The third-order valence-electron chi connectivity index (χ3n) is 10.9. The van der Waals surface area contributed by atoms with Crippen LogP contribution >= 0.6 is 0 Å². The second kappa shape index (κ2) is 156. The van der Waals surface area contributed by atoms with Crippen molar-refractivity contribution in [1.29, 1.82) is 0 Å². The molecule has 0 bridgehead atoms. The molecule has 0 fully saturated rings. The van der Waals surface area contributed by atoms with Gasteiger partial charge in [0.15, 0.2) is 0 Å². The van der Waals surface area contributed by atoms with Crippen LogP contribution in [0.25, 0.3) is 0 Å². The van der Waals surface area contributed by atoms with Gasteiger partial charge in [-0.1, -0.05) is 178 Å². The molecule has 0 aliphatic heterocycles. The molecule has 0 aromatic carbocycles. The van der Waals surface area contributed by atoms with Gasteiger partial charge in [0.05, 0.1) is 0 Å². The monoisotopic (exact) mass is 1870 g/mol. The first-order valence-corrected chi connectivity index (χ1v) is 41.6. The van der Waals surface area contributed by atoms with E-state index >= 15 is 0 Å². The summed E-state index contributed by atoms with van der Waals surface area (Å²) in [6, 6.07) is 0. The summed E-state index contributed by atoms with van der Waals surface area (Å²) in [6.07, 6.45) is 13.9. The van der Waals surface area contributed by atoms with E-state index in [2.05, 4.69) is 164 Å². The third kappa shape index (κ3) is 134. The van der Waals surface area contributed by atoms with Crippen molar-refractivity contribution in [3.05, 3.63) is 0 Å². The van der Waals surface area contributed by atoms with Crippen LogP contribution in [-0.4, -0.2) is 50.6 Å². The van der Waals surface area contributed by atoms with Crippen LogP contribution in [0.1, 0.15) is 402 Å². The summed E-state index contributed by atoms with van der Waals surface area (Å²) in [7, 11) is 0. The molecule has 0 aromatic heterocycles. The van der Waals surface area contributed by atoms with E-state index in [9.17, 15) is 0 Å². The van der Waals surface area contributed by atoms with E-state index in [1.54, 1.807) is 0 Å². The second-order valence-electron chi connectivity index (χ2n) is 15.9. The fourth-order valence-electron chi connectivity index (χ4n) is 6.29. The van der Waals surface area contributed by atoms with Gasteiger partial charge >= 0.3 is 437 Å². The number of alkyl halides is 12. The predicted octanol–water partition coefficient (Wildman–Crippen LogP) is 13.6. The van der Waals surface area contributed by atoms with Crippen LogP contribution in [0.15, 0.2) is 0 Å². The number of rotatable bonds is 27. The molecule has 0 saturated heterocycles. The van der Waals surface area contributed by atoms with Crippen molar-refractivity contribution in [2.24, 2.45) is 35.5 Å². The van der Waals surface area contributed by atoms with Crippen LogP contribution in [0.5, 0.6) is 0 Å². The molecule has 0 N–H and O–H groups in total. The first-order chi connectivity index (χ1) is 27.0. The van der Waals surface area contributed by atoms with Gasteiger partial charge in [0.25, 0.3) is 0 Å². The van der Waals surface area contributed by atoms with Crippen molar-refractivity contribution in [2.75, 3.05) is 27.1 Å². The fraction of sp³-hybridized carbons (Fsp3) is 1.00. The summed E-state index contributed by atoms with van der Waals surface area (Å²) in [5, 5.41) is 0. The second-order valence-corrected chi connectivity index (χ2v) is 38.8. The first kappa shape index (κ1) is 198. The molecule has 0 aromatic rings. The summed E-state index contributed by atoms with van der Waals surface area (Å²) in [6.45, 7) is 53.9. The maximum absolute atomic E-state index is 2.41. The van der Waals surface area contributed by atoms with Crippen LogP contribution in [0.3, 0.4) is 0 Å². The Balaban J connectivity index is -0.0000000130. The Bertz CT molecular complexity index is 618. The minimum atomic E-state index is 0. The normalized spacial score (nSPS) is 11.6. The number of hydrogen-bond acceptors (Lipinski definition) is 0. The molecule has 10 atom stereocenters. The predicted molar refractivity (Wildman–Crippen MR) is 412 cm³/mol. The molecule has 0 radical (unpaired) electrons. The van der Waals surface area contributed by atoms with Crippen LogP contribution in [0, 0.1) is 35.5 Å². The van der Waals surface area contributed by atoms with Gasteiger partial charge in [-0.05, 0) is 0 Å². The molecule has 0 heterocycles. The van der Waals surface area contributed by atoms with Crippen molar-refractivity contribution in [1.82, 2.24) is 0 Å². The molecule has 0 spiro atoms. The summed E-state index contributed by atoms with van der Waals surface area (Å²) in [4.78, 5) is 2.40. The zero-order valence-corrected chi connectivity index (χ0v) is 56.7. The Hall–Kier alpha value is 4.38. The van der Waals surface area contributed by atoms with E-state index in [1.807, 2.05) is 0 Å². The molecule has 0 aliphatic carbocycles. The average molecular weight is 1870 g/mol. The van der Waals surface area contributed by atoms with Gasteiger partial charge in [0.1, 0.15) is 0 Å². The molecular formula is C75H210I6-6. The Labute approximate surface area is 607 Å². The van der Waals surface area contributed by atoms with Crippen molar-refractivity contribution in [3.63, 3.8) is 0 Å². The van der Waals surface area contributed by atoms with E-state index < -0.39 is 0 Å². The third-order valence-corrected chi connectivity index (χ3v) is 35.6. The van der Waals surface area contributed by atoms with Gasteiger partial charge in [0, 0.05) is 0 Å². The molecule has 0 saturated carbocycles. The van der Waals surface area contributed by atoms with Gasteiger partial charge < -0.3 is 0 Å². The van der Waals surface area contributed by atoms with Crippen molar-refractivity contribution < 1.29 is 127 Å². The van der Waals surface area contributed by atoms with E-state index in [0.717, 1.165) is 59.1 Å². The summed E-state index contributed by atoms with van der Waals surface area (Å²) in [5.41, 5.74) is 0. The molecule has 0 amide bonds. The van der Waals surface area contributed by atoms with E-state index in [1.165, 1.54) is 86.3 Å². The summed E-state index contributed by atoms with van der Waals surface area (Å²) in [5.74, 6) is 5.80. The topological polar surface area (TPSA) is 0 Å². The Kier molecular flexibility index (Phi) is 381. The van der Waals surface area contributed by atoms with E-state index in [-0.39, 0.29) is 178 Å². The average Bonchev–Trinajstić information content (AvgIpc) is 3.22. The van der Waals surface area contributed by atoms with Gasteiger partial charge in [0.2, 0.25) is 0 Å². The van der Waals surface area contributed by atoms with Gasteiger partial charge in [-0.2, -0.15) is 0 Å². The minimum absolute atomic E-state index is 0. The van der Waals surface area contributed by atoms with Crippen LogP contribution < -0.4 is 127 Å². The van der Waals surface area contributed by atoms with Gasteiger partial charge in [-0.15, -0.1) is 0 Å². The van der Waals surface area contributed by atoms with Crippen molar-refractivity contribution in [3.8, 4) is 0 Å². The van der Waals surface area contributed by atoms with Crippen molar-refractivity contribution >= 4 is 0 Å². The quantitative estimate of drug-likeness (QED) is 0.0568. The molecular weight excluding hydrogens is 1660 g/mol. The molecule has 0 nitrogen and oxygen atoms in total. The van der Waals surface area contributed by atoms with Crippen LogP contribution in [0.2, 0.25) is 0 Å². The van der Waals surface area contributed by atoms with E-state index in [4.69, 9.17) is 0 Å². The van der Waals surface area contributed by atoms with E-state index in [0.29, 0.717) is 127 Å². The Morgan fingerprint density at radius 3 is 0.370 bits per heavy atom. The zero-order chi connectivity index (χ0) is 45.8. The molecule has 0 rings (SSSR count). The Morgan fingerprint density at radius 1 is 0.185 bits per heavy atom. The van der Waals surface area contributed by atoms with Gasteiger partial charge in [-0.3, -0.25) is 0 Å². The first-order valence-electron chi connectivity index (χ1n) is 24.3. The standard InChI is InChI=1S/3C9H20I.3C8H18I.24CH4/c3*1-5-8(4)9(6-2)10-7-3;1-5-7(3)8(6-2)9-4;2*1-5-8(7(3)4)9-6-2;;;;;;;;;;;;;;;;;;;;;;;;/h3*8-9H,5-7H2,1-4H3;3*7-8H,5-6H2,1-4H3;24*1H4/q6*-1;;;;;;;;;;;;;;;;;;;;;;;;. The SMILES string of the molecule is C.C.C.C.C.C.C.C.C.C.C.C.C.C.C.C.C.C.C.C.C.C.C.C.CCC(C)C(CC)[I-]C.CC[I-]C(CC)C(C)C.CC[I-]C(CC)C(C)C.CC[I-]C(CC)C(C)CC.CC[I-]C(CC)C(C)CC.CC[I-]C(CC)C(C)CC. The molecule has 6 heteroatoms. The summed E-state index contributed by atoms with van der Waals surface area (Å²) >= 11 is 3.08. The van der Waals surface area contributed by atoms with Crippen molar-refractivity contribution in [2.45, 2.75) is 425 Å². The summed E-state index contributed by atoms with van der Waals surface area (Å²) < 4.78 is 13.8. The van der Waals surface area contributed by atoms with Crippen LogP contribution in [-0.2, 0) is 0 Å². The van der Waals surface area contributed by atoms with Gasteiger partial charge in [-0.25, -0.2) is 0 Å².